The van der Waals surface area contributed by atoms with E-state index >= 15 is 0 Å². The Kier molecular flexibility index (Phi) is 3.92. The van der Waals surface area contributed by atoms with Crippen molar-refractivity contribution in [1.82, 2.24) is 0 Å². The second kappa shape index (κ2) is 4.98. The van der Waals surface area contributed by atoms with E-state index in [1.165, 1.54) is 7.11 Å². The average molecular weight is 214 g/mol. The summed E-state index contributed by atoms with van der Waals surface area (Å²) in [5.41, 5.74) is 5.83. The second-order valence-electron chi connectivity index (χ2n) is 2.84. The fourth-order valence-electron chi connectivity index (χ4n) is 1.12. The van der Waals surface area contributed by atoms with Gasteiger partial charge in [-0.1, -0.05) is 11.6 Å². The predicted octanol–water partition coefficient (Wildman–Crippen LogP) is 1.88. The summed E-state index contributed by atoms with van der Waals surface area (Å²) < 4.78 is 5.00. The Morgan fingerprint density at radius 3 is 2.79 bits per heavy atom. The molecule has 0 saturated heterocycles. The molecule has 0 aliphatic heterocycles. The Balaban J connectivity index is 2.96. The smallest absolute Gasteiger partial charge is 0.164 e. The van der Waals surface area contributed by atoms with Crippen LogP contribution in [0.1, 0.15) is 16.8 Å². The van der Waals surface area contributed by atoms with Gasteiger partial charge in [0, 0.05) is 17.0 Å². The third-order valence-corrected chi connectivity index (χ3v) is 2.02. The minimum atomic E-state index is -0.0201. The lowest BCUT2D eigenvalue weighted by atomic mass is 10.1. The van der Waals surface area contributed by atoms with E-state index in [2.05, 4.69) is 0 Å². The Bertz CT molecular complexity index is 339. The zero-order valence-electron chi connectivity index (χ0n) is 7.92. The molecule has 3 nitrogen and oxygen atoms in total. The maximum atomic E-state index is 11.5. The number of rotatable bonds is 4. The second-order valence-corrected chi connectivity index (χ2v) is 3.28. The third-order valence-electron chi connectivity index (χ3n) is 1.80. The number of carbonyl (C=O) groups is 1. The van der Waals surface area contributed by atoms with Crippen LogP contribution in [0, 0.1) is 0 Å². The number of hydrogen-bond donors (Lipinski definition) is 1. The maximum absolute atomic E-state index is 11.5. The number of methoxy groups -OCH3 is 1. The summed E-state index contributed by atoms with van der Waals surface area (Å²) in [4.78, 5) is 11.5. The van der Waals surface area contributed by atoms with Gasteiger partial charge in [-0.15, -0.1) is 0 Å². The standard InChI is InChI=1S/C10H12ClNO2/c1-14-9-5-7(4-8(11)6-9)10(13)2-3-12/h4-6H,2-3,12H2,1H3. The van der Waals surface area contributed by atoms with Crippen LogP contribution < -0.4 is 10.5 Å². The molecule has 76 valence electrons. The number of carbonyl (C=O) groups excluding carboxylic acids is 1. The van der Waals surface area contributed by atoms with E-state index in [0.29, 0.717) is 29.3 Å². The lowest BCUT2D eigenvalue weighted by Crippen LogP contribution is -2.08. The summed E-state index contributed by atoms with van der Waals surface area (Å²) >= 11 is 5.81. The molecule has 0 aliphatic carbocycles. The molecule has 0 unspecified atom stereocenters. The van der Waals surface area contributed by atoms with Crippen LogP contribution in [-0.4, -0.2) is 19.4 Å². The van der Waals surface area contributed by atoms with Crippen LogP contribution in [0.5, 0.6) is 5.75 Å². The SMILES string of the molecule is COc1cc(Cl)cc(C(=O)CCN)c1. The van der Waals surface area contributed by atoms with Crippen LogP contribution in [0.25, 0.3) is 0 Å². The molecule has 0 saturated carbocycles. The third kappa shape index (κ3) is 2.72. The molecule has 0 radical (unpaired) electrons. The lowest BCUT2D eigenvalue weighted by molar-refractivity contribution is 0.0985. The number of hydrogen-bond acceptors (Lipinski definition) is 3. The molecular formula is C10H12ClNO2. The zero-order chi connectivity index (χ0) is 10.6. The molecule has 1 aromatic carbocycles. The van der Waals surface area contributed by atoms with Crippen LogP contribution in [0.3, 0.4) is 0 Å². The number of benzene rings is 1. The van der Waals surface area contributed by atoms with Gasteiger partial charge in [0.05, 0.1) is 7.11 Å². The van der Waals surface area contributed by atoms with Gasteiger partial charge in [0.15, 0.2) is 5.78 Å². The van der Waals surface area contributed by atoms with Gasteiger partial charge in [-0.3, -0.25) is 4.79 Å². The quantitative estimate of drug-likeness (QED) is 0.777. The molecular weight excluding hydrogens is 202 g/mol. The fraction of sp³-hybridized carbons (Fsp3) is 0.300. The monoisotopic (exact) mass is 213 g/mol. The lowest BCUT2D eigenvalue weighted by Gasteiger charge is -2.04. The normalized spacial score (nSPS) is 9.93. The molecule has 1 aromatic rings. The molecule has 0 fully saturated rings. The van der Waals surface area contributed by atoms with Gasteiger partial charge in [-0.05, 0) is 24.7 Å². The van der Waals surface area contributed by atoms with E-state index in [9.17, 15) is 4.79 Å². The molecule has 2 N–H and O–H groups in total. The topological polar surface area (TPSA) is 52.3 Å². The number of halogens is 1. The van der Waals surface area contributed by atoms with Crippen molar-refractivity contribution in [2.24, 2.45) is 5.73 Å². The largest absolute Gasteiger partial charge is 0.497 e. The molecule has 14 heavy (non-hydrogen) atoms. The van der Waals surface area contributed by atoms with E-state index in [1.807, 2.05) is 0 Å². The van der Waals surface area contributed by atoms with E-state index in [4.69, 9.17) is 22.1 Å². The predicted molar refractivity (Wildman–Crippen MR) is 56.0 cm³/mol. The van der Waals surface area contributed by atoms with Crippen LogP contribution in [0.4, 0.5) is 0 Å². The van der Waals surface area contributed by atoms with Gasteiger partial charge < -0.3 is 10.5 Å². The van der Waals surface area contributed by atoms with Gasteiger partial charge in [0.2, 0.25) is 0 Å². The van der Waals surface area contributed by atoms with Crippen molar-refractivity contribution in [3.63, 3.8) is 0 Å². The van der Waals surface area contributed by atoms with Crippen molar-refractivity contribution in [1.29, 1.82) is 0 Å². The van der Waals surface area contributed by atoms with E-state index in [0.717, 1.165) is 0 Å². The van der Waals surface area contributed by atoms with Crippen LogP contribution >= 0.6 is 11.6 Å². The van der Waals surface area contributed by atoms with Crippen LogP contribution in [0.15, 0.2) is 18.2 Å². The Morgan fingerprint density at radius 1 is 1.50 bits per heavy atom. The van der Waals surface area contributed by atoms with Gasteiger partial charge in [0.25, 0.3) is 0 Å². The molecule has 0 heterocycles. The molecule has 4 heteroatoms. The molecule has 1 rings (SSSR count). The average Bonchev–Trinajstić information content (AvgIpc) is 2.17. The summed E-state index contributed by atoms with van der Waals surface area (Å²) in [5.74, 6) is 0.561. The first kappa shape index (κ1) is 11.0. The number of ether oxygens (including phenoxy) is 1. The first-order chi connectivity index (χ1) is 6.67. The molecule has 0 aromatic heterocycles. The van der Waals surface area contributed by atoms with Gasteiger partial charge in [-0.25, -0.2) is 0 Å². The van der Waals surface area contributed by atoms with Gasteiger partial charge >= 0.3 is 0 Å². The highest BCUT2D eigenvalue weighted by molar-refractivity contribution is 6.31. The van der Waals surface area contributed by atoms with Crippen LogP contribution in [0.2, 0.25) is 5.02 Å². The van der Waals surface area contributed by atoms with E-state index < -0.39 is 0 Å². The van der Waals surface area contributed by atoms with Crippen molar-refractivity contribution in [2.45, 2.75) is 6.42 Å². The number of nitrogens with two attached hydrogens (primary N) is 1. The number of Topliss-reactive ketones (excluding diaryl/α,β-unsaturated/α-hetero) is 1. The van der Waals surface area contributed by atoms with Crippen molar-refractivity contribution in [2.75, 3.05) is 13.7 Å². The molecule has 0 aliphatic rings. The minimum Gasteiger partial charge on any atom is -0.497 e. The van der Waals surface area contributed by atoms with Crippen molar-refractivity contribution in [3.05, 3.63) is 28.8 Å². The molecule has 0 bridgehead atoms. The molecule has 0 amide bonds. The highest BCUT2D eigenvalue weighted by atomic mass is 35.5. The minimum absolute atomic E-state index is 0.0201. The first-order valence-corrected chi connectivity index (χ1v) is 4.63. The van der Waals surface area contributed by atoms with E-state index in [1.54, 1.807) is 18.2 Å². The summed E-state index contributed by atoms with van der Waals surface area (Å²) in [5, 5.41) is 0.490. The van der Waals surface area contributed by atoms with Crippen molar-refractivity contribution >= 4 is 17.4 Å². The number of ketones is 1. The summed E-state index contributed by atoms with van der Waals surface area (Å²) in [6.45, 7) is 0.341. The van der Waals surface area contributed by atoms with E-state index in [-0.39, 0.29) is 5.78 Å². The Morgan fingerprint density at radius 2 is 2.21 bits per heavy atom. The zero-order valence-corrected chi connectivity index (χ0v) is 8.67. The Hall–Kier alpha value is -1.06. The Labute approximate surface area is 87.8 Å². The summed E-state index contributed by atoms with van der Waals surface area (Å²) in [7, 11) is 1.53. The van der Waals surface area contributed by atoms with Gasteiger partial charge in [0.1, 0.15) is 5.75 Å². The van der Waals surface area contributed by atoms with Gasteiger partial charge in [-0.2, -0.15) is 0 Å². The first-order valence-electron chi connectivity index (χ1n) is 4.25. The summed E-state index contributed by atoms with van der Waals surface area (Å²) in [6.07, 6.45) is 0.323. The molecule has 0 atom stereocenters. The highest BCUT2D eigenvalue weighted by Gasteiger charge is 2.07. The fourth-order valence-corrected chi connectivity index (χ4v) is 1.34. The highest BCUT2D eigenvalue weighted by Crippen LogP contribution is 2.21. The summed E-state index contributed by atoms with van der Waals surface area (Å²) in [6, 6.07) is 4.92. The van der Waals surface area contributed by atoms with Crippen molar-refractivity contribution < 1.29 is 9.53 Å². The van der Waals surface area contributed by atoms with Crippen molar-refractivity contribution in [3.8, 4) is 5.75 Å². The maximum Gasteiger partial charge on any atom is 0.164 e. The molecule has 0 spiro atoms. The van der Waals surface area contributed by atoms with Crippen LogP contribution in [-0.2, 0) is 0 Å².